The average molecular weight is 332 g/mol. The number of carbonyl (C=O) groups excluding carboxylic acids is 1. The van der Waals surface area contributed by atoms with E-state index < -0.39 is 0 Å². The molecule has 1 aromatic carbocycles. The van der Waals surface area contributed by atoms with Crippen LogP contribution in [0.1, 0.15) is 33.9 Å². The minimum Gasteiger partial charge on any atom is -0.337 e. The number of aryl methyl sites for hydroxylation is 2. The third-order valence-electron chi connectivity index (χ3n) is 3.89. The topological polar surface area (TPSA) is 33.2 Å². The zero-order chi connectivity index (χ0) is 15.5. The van der Waals surface area contributed by atoms with Crippen LogP contribution < -0.4 is 0 Å². The summed E-state index contributed by atoms with van der Waals surface area (Å²) in [5.41, 5.74) is 1.90. The van der Waals surface area contributed by atoms with Crippen LogP contribution in [0, 0.1) is 13.8 Å². The highest BCUT2D eigenvalue weighted by Crippen LogP contribution is 2.30. The lowest BCUT2D eigenvalue weighted by molar-refractivity contribution is 0.0722. The van der Waals surface area contributed by atoms with Gasteiger partial charge in [-0.25, -0.2) is 4.98 Å². The van der Waals surface area contributed by atoms with Crippen LogP contribution in [0.3, 0.4) is 0 Å². The minimum atomic E-state index is 0.0862. The molecule has 0 bridgehead atoms. The first-order valence-electron chi connectivity index (χ1n) is 7.56. The number of thiazole rings is 1. The molecule has 0 radical (unpaired) electrons. The molecule has 116 valence electrons. The van der Waals surface area contributed by atoms with Gasteiger partial charge < -0.3 is 4.90 Å². The van der Waals surface area contributed by atoms with Crippen molar-refractivity contribution in [2.45, 2.75) is 36.8 Å². The second kappa shape index (κ2) is 6.84. The van der Waals surface area contributed by atoms with E-state index in [0.717, 1.165) is 30.9 Å². The third-order valence-corrected chi connectivity index (χ3v) is 6.01. The van der Waals surface area contributed by atoms with Gasteiger partial charge >= 0.3 is 0 Å². The smallest absolute Gasteiger partial charge is 0.273 e. The van der Waals surface area contributed by atoms with Crippen LogP contribution in [0.4, 0.5) is 0 Å². The van der Waals surface area contributed by atoms with Crippen LogP contribution >= 0.6 is 23.1 Å². The van der Waals surface area contributed by atoms with E-state index in [0.29, 0.717) is 10.9 Å². The van der Waals surface area contributed by atoms with Crippen LogP contribution in [0.2, 0.25) is 0 Å². The molecule has 0 saturated carbocycles. The summed E-state index contributed by atoms with van der Waals surface area (Å²) < 4.78 is 0. The van der Waals surface area contributed by atoms with Gasteiger partial charge in [-0.1, -0.05) is 17.7 Å². The highest BCUT2D eigenvalue weighted by molar-refractivity contribution is 8.00. The van der Waals surface area contributed by atoms with Crippen molar-refractivity contribution in [3.63, 3.8) is 0 Å². The summed E-state index contributed by atoms with van der Waals surface area (Å²) in [4.78, 5) is 20.0. The molecule has 3 nitrogen and oxygen atoms in total. The number of amides is 1. The van der Waals surface area contributed by atoms with Crippen molar-refractivity contribution in [3.8, 4) is 0 Å². The fraction of sp³-hybridized carbons (Fsp3) is 0.412. The van der Waals surface area contributed by atoms with E-state index in [1.807, 2.05) is 29.0 Å². The van der Waals surface area contributed by atoms with Gasteiger partial charge in [-0.15, -0.1) is 23.1 Å². The van der Waals surface area contributed by atoms with Crippen LogP contribution in [-0.4, -0.2) is 34.1 Å². The number of benzene rings is 1. The van der Waals surface area contributed by atoms with E-state index in [9.17, 15) is 4.79 Å². The Kier molecular flexibility index (Phi) is 4.84. The zero-order valence-electron chi connectivity index (χ0n) is 12.9. The molecule has 0 N–H and O–H groups in total. The maximum atomic E-state index is 12.4. The lowest BCUT2D eigenvalue weighted by atomic mass is 10.1. The van der Waals surface area contributed by atoms with Gasteiger partial charge in [0.1, 0.15) is 5.69 Å². The molecule has 2 heterocycles. The number of piperidine rings is 1. The molecule has 1 fully saturated rings. The van der Waals surface area contributed by atoms with Gasteiger partial charge in [0.05, 0.1) is 5.01 Å². The van der Waals surface area contributed by atoms with Crippen molar-refractivity contribution < 1.29 is 4.79 Å². The number of hydrogen-bond acceptors (Lipinski definition) is 4. The summed E-state index contributed by atoms with van der Waals surface area (Å²) in [6, 6.07) is 8.70. The van der Waals surface area contributed by atoms with Crippen molar-refractivity contribution in [2.75, 3.05) is 13.1 Å². The molecule has 5 heteroatoms. The summed E-state index contributed by atoms with van der Waals surface area (Å²) in [5.74, 6) is 0.0862. The molecule has 0 unspecified atom stereocenters. The first-order valence-corrected chi connectivity index (χ1v) is 9.32. The predicted molar refractivity (Wildman–Crippen MR) is 92.8 cm³/mol. The van der Waals surface area contributed by atoms with E-state index in [1.54, 1.807) is 0 Å². The van der Waals surface area contributed by atoms with Gasteiger partial charge in [-0.3, -0.25) is 4.79 Å². The minimum absolute atomic E-state index is 0.0862. The van der Waals surface area contributed by atoms with E-state index in [4.69, 9.17) is 0 Å². The molecule has 1 aromatic heterocycles. The number of nitrogens with zero attached hydrogens (tertiary/aromatic N) is 2. The monoisotopic (exact) mass is 332 g/mol. The molecule has 22 heavy (non-hydrogen) atoms. The molecule has 2 aromatic rings. The highest BCUT2D eigenvalue weighted by atomic mass is 32.2. The summed E-state index contributed by atoms with van der Waals surface area (Å²) in [6.07, 6.45) is 2.10. The molecule has 1 amide bonds. The van der Waals surface area contributed by atoms with Crippen molar-refractivity contribution in [2.24, 2.45) is 0 Å². The largest absolute Gasteiger partial charge is 0.337 e. The van der Waals surface area contributed by atoms with Crippen LogP contribution in [0.15, 0.2) is 34.5 Å². The molecular weight excluding hydrogens is 312 g/mol. The Morgan fingerprint density at radius 2 is 1.91 bits per heavy atom. The SMILES string of the molecule is Cc1ccc(SC2CCN(C(=O)c3csc(C)n3)CC2)cc1. The Labute approximate surface area is 139 Å². The van der Waals surface area contributed by atoms with Crippen LogP contribution in [0.5, 0.6) is 0 Å². The zero-order valence-corrected chi connectivity index (χ0v) is 14.5. The molecular formula is C17H20N2OS2. The Morgan fingerprint density at radius 3 is 2.50 bits per heavy atom. The molecule has 0 spiro atoms. The molecule has 1 saturated heterocycles. The van der Waals surface area contributed by atoms with Crippen molar-refractivity contribution in [1.29, 1.82) is 0 Å². The third kappa shape index (κ3) is 3.70. The number of hydrogen-bond donors (Lipinski definition) is 0. The Bertz CT molecular complexity index is 643. The highest BCUT2D eigenvalue weighted by Gasteiger charge is 2.25. The molecule has 0 atom stereocenters. The molecule has 0 aliphatic carbocycles. The van der Waals surface area contributed by atoms with Gasteiger partial charge in [0, 0.05) is 28.6 Å². The molecule has 1 aliphatic heterocycles. The number of carbonyl (C=O) groups is 1. The van der Waals surface area contributed by atoms with E-state index >= 15 is 0 Å². The Balaban J connectivity index is 1.54. The quantitative estimate of drug-likeness (QED) is 0.846. The standard InChI is InChI=1S/C17H20N2OS2/c1-12-3-5-14(6-4-12)22-15-7-9-19(10-8-15)17(20)16-11-21-13(2)18-16/h3-6,11,15H,7-10H2,1-2H3. The first kappa shape index (κ1) is 15.6. The van der Waals surface area contributed by atoms with E-state index in [-0.39, 0.29) is 5.91 Å². The van der Waals surface area contributed by atoms with Crippen LogP contribution in [0.25, 0.3) is 0 Å². The first-order chi connectivity index (χ1) is 10.6. The van der Waals surface area contributed by atoms with E-state index in [2.05, 4.69) is 36.2 Å². The lowest BCUT2D eigenvalue weighted by Crippen LogP contribution is -2.39. The van der Waals surface area contributed by atoms with Gasteiger partial charge in [-0.2, -0.15) is 0 Å². The van der Waals surface area contributed by atoms with Crippen LogP contribution in [-0.2, 0) is 0 Å². The Morgan fingerprint density at radius 1 is 1.23 bits per heavy atom. The predicted octanol–water partition coefficient (Wildman–Crippen LogP) is 4.16. The fourth-order valence-corrected chi connectivity index (χ4v) is 4.32. The number of thioether (sulfide) groups is 1. The molecule has 1 aliphatic rings. The maximum Gasteiger partial charge on any atom is 0.273 e. The second-order valence-electron chi connectivity index (χ2n) is 5.67. The fourth-order valence-electron chi connectivity index (χ4n) is 2.61. The van der Waals surface area contributed by atoms with Crippen molar-refractivity contribution in [1.82, 2.24) is 9.88 Å². The van der Waals surface area contributed by atoms with Crippen molar-refractivity contribution >= 4 is 29.0 Å². The van der Waals surface area contributed by atoms with E-state index in [1.165, 1.54) is 21.8 Å². The normalized spacial score (nSPS) is 16.0. The number of aromatic nitrogens is 1. The summed E-state index contributed by atoms with van der Waals surface area (Å²) >= 11 is 3.47. The van der Waals surface area contributed by atoms with Gasteiger partial charge in [0.15, 0.2) is 0 Å². The number of rotatable bonds is 3. The molecule has 3 rings (SSSR count). The Hall–Kier alpha value is -1.33. The lowest BCUT2D eigenvalue weighted by Gasteiger charge is -2.31. The second-order valence-corrected chi connectivity index (χ2v) is 8.11. The summed E-state index contributed by atoms with van der Waals surface area (Å²) in [5, 5.41) is 3.42. The van der Waals surface area contributed by atoms with Gasteiger partial charge in [-0.05, 0) is 38.8 Å². The summed E-state index contributed by atoms with van der Waals surface area (Å²) in [6.45, 7) is 5.71. The van der Waals surface area contributed by atoms with Crippen molar-refractivity contribution in [3.05, 3.63) is 45.9 Å². The van der Waals surface area contributed by atoms with Gasteiger partial charge in [0.2, 0.25) is 0 Å². The number of likely N-dealkylation sites (tertiary alicyclic amines) is 1. The summed E-state index contributed by atoms with van der Waals surface area (Å²) in [7, 11) is 0. The average Bonchev–Trinajstić information content (AvgIpc) is 2.96. The maximum absolute atomic E-state index is 12.4. The van der Waals surface area contributed by atoms with Gasteiger partial charge in [0.25, 0.3) is 5.91 Å².